The lowest BCUT2D eigenvalue weighted by molar-refractivity contribution is -0.136. The number of carbonyl (C=O) groups excluding carboxylic acids is 3. The topological polar surface area (TPSA) is 115 Å². The summed E-state index contributed by atoms with van der Waals surface area (Å²) in [5.41, 5.74) is 2.84. The number of amides is 2. The van der Waals surface area contributed by atoms with Crippen LogP contribution in [0.3, 0.4) is 0 Å². The van der Waals surface area contributed by atoms with E-state index in [1.807, 2.05) is 0 Å². The Morgan fingerprint density at radius 3 is 2.33 bits per heavy atom. The van der Waals surface area contributed by atoms with Gasteiger partial charge in [-0.3, -0.25) is 9.59 Å². The number of hydrogen-bond acceptors (Lipinski definition) is 7. The number of methoxy groups -OCH3 is 2. The van der Waals surface area contributed by atoms with Gasteiger partial charge in [-0.25, -0.2) is 10.2 Å². The summed E-state index contributed by atoms with van der Waals surface area (Å²) in [6.45, 7) is 0. The lowest BCUT2D eigenvalue weighted by Crippen LogP contribution is -2.32. The molecule has 3 aromatic rings. The van der Waals surface area contributed by atoms with Gasteiger partial charge in [0.05, 0.1) is 36.7 Å². The first kappa shape index (κ1) is 27.0. The third kappa shape index (κ3) is 6.97. The Bertz CT molecular complexity index is 1350. The fourth-order valence-electron chi connectivity index (χ4n) is 2.82. The van der Waals surface area contributed by atoms with E-state index in [0.29, 0.717) is 26.6 Å². The molecule has 0 spiro atoms. The Kier molecular flexibility index (Phi) is 9.29. The van der Waals surface area contributed by atoms with Crippen molar-refractivity contribution in [2.75, 3.05) is 19.5 Å². The second kappa shape index (κ2) is 12.4. The molecule has 2 N–H and O–H groups in total. The lowest BCUT2D eigenvalue weighted by atomic mass is 10.2. The number of ether oxygens (including phenoxy) is 3. The standard InChI is InChI=1S/C24H18BrCl2N3O6/c1-34-20-7-3-13(10-21(20)35-2)24(33)36-19-8-4-15(25)9-14(19)12-28-30-23(32)22(31)29-18-11-16(26)5-6-17(18)27/h3-12H,1-2H3,(H,29,31)(H,30,32)/b28-12+. The number of anilines is 1. The van der Waals surface area contributed by atoms with Crippen LogP contribution < -0.4 is 25.0 Å². The quantitative estimate of drug-likeness (QED) is 0.130. The summed E-state index contributed by atoms with van der Waals surface area (Å²) in [5, 5.41) is 6.67. The molecule has 3 aromatic carbocycles. The van der Waals surface area contributed by atoms with Gasteiger partial charge in [-0.05, 0) is 54.6 Å². The van der Waals surface area contributed by atoms with Crippen molar-refractivity contribution in [1.29, 1.82) is 0 Å². The average molecular weight is 595 g/mol. The minimum Gasteiger partial charge on any atom is -0.493 e. The van der Waals surface area contributed by atoms with Gasteiger partial charge in [0, 0.05) is 15.1 Å². The highest BCUT2D eigenvalue weighted by atomic mass is 79.9. The Balaban J connectivity index is 1.70. The van der Waals surface area contributed by atoms with E-state index in [1.165, 1.54) is 50.8 Å². The third-order valence-corrected chi connectivity index (χ3v) is 5.60. The van der Waals surface area contributed by atoms with E-state index in [2.05, 4.69) is 31.8 Å². The minimum absolute atomic E-state index is 0.158. The van der Waals surface area contributed by atoms with Crippen molar-refractivity contribution in [1.82, 2.24) is 5.43 Å². The molecular formula is C24H18BrCl2N3O6. The predicted octanol–water partition coefficient (Wildman–Crippen LogP) is 5.08. The zero-order valence-electron chi connectivity index (χ0n) is 18.8. The van der Waals surface area contributed by atoms with Crippen LogP contribution in [0.25, 0.3) is 0 Å². The van der Waals surface area contributed by atoms with E-state index in [0.717, 1.165) is 0 Å². The van der Waals surface area contributed by atoms with Gasteiger partial charge in [-0.2, -0.15) is 5.10 Å². The molecule has 0 atom stereocenters. The van der Waals surface area contributed by atoms with Crippen LogP contribution in [-0.2, 0) is 9.59 Å². The van der Waals surface area contributed by atoms with Crippen molar-refractivity contribution in [2.24, 2.45) is 5.10 Å². The van der Waals surface area contributed by atoms with Gasteiger partial charge in [0.1, 0.15) is 5.75 Å². The molecule has 0 heterocycles. The predicted molar refractivity (Wildman–Crippen MR) is 139 cm³/mol. The molecule has 12 heteroatoms. The fraction of sp³-hybridized carbons (Fsp3) is 0.0833. The van der Waals surface area contributed by atoms with Crippen molar-refractivity contribution >= 4 is 68.8 Å². The van der Waals surface area contributed by atoms with Gasteiger partial charge in [-0.15, -0.1) is 0 Å². The second-order valence-electron chi connectivity index (χ2n) is 6.92. The zero-order chi connectivity index (χ0) is 26.2. The maximum Gasteiger partial charge on any atom is 0.343 e. The van der Waals surface area contributed by atoms with Crippen LogP contribution in [0, 0.1) is 0 Å². The average Bonchev–Trinajstić information content (AvgIpc) is 2.87. The second-order valence-corrected chi connectivity index (χ2v) is 8.68. The smallest absolute Gasteiger partial charge is 0.343 e. The van der Waals surface area contributed by atoms with Gasteiger partial charge in [-0.1, -0.05) is 39.1 Å². The summed E-state index contributed by atoms with van der Waals surface area (Å²) < 4.78 is 16.5. The van der Waals surface area contributed by atoms with Crippen LogP contribution in [0.1, 0.15) is 15.9 Å². The molecule has 186 valence electrons. The lowest BCUT2D eigenvalue weighted by Gasteiger charge is -2.11. The highest BCUT2D eigenvalue weighted by molar-refractivity contribution is 9.10. The maximum atomic E-state index is 12.7. The van der Waals surface area contributed by atoms with Gasteiger partial charge in [0.25, 0.3) is 0 Å². The van der Waals surface area contributed by atoms with Crippen LogP contribution in [0.4, 0.5) is 5.69 Å². The Hall–Kier alpha value is -3.60. The van der Waals surface area contributed by atoms with Crippen molar-refractivity contribution in [2.45, 2.75) is 0 Å². The molecule has 0 aliphatic rings. The molecule has 36 heavy (non-hydrogen) atoms. The maximum absolute atomic E-state index is 12.7. The Labute approximate surface area is 224 Å². The first-order valence-corrected chi connectivity index (χ1v) is 11.6. The number of hydrazone groups is 1. The molecule has 0 bridgehead atoms. The minimum atomic E-state index is -1.05. The van der Waals surface area contributed by atoms with Gasteiger partial charge >= 0.3 is 17.8 Å². The summed E-state index contributed by atoms with van der Waals surface area (Å²) >= 11 is 15.2. The largest absolute Gasteiger partial charge is 0.493 e. The van der Waals surface area contributed by atoms with E-state index in [-0.39, 0.29) is 22.0 Å². The van der Waals surface area contributed by atoms with Gasteiger partial charge in [0.2, 0.25) is 0 Å². The monoisotopic (exact) mass is 593 g/mol. The summed E-state index contributed by atoms with van der Waals surface area (Å²) in [6, 6.07) is 13.8. The summed E-state index contributed by atoms with van der Waals surface area (Å²) in [5.74, 6) is -1.74. The number of halogens is 3. The zero-order valence-corrected chi connectivity index (χ0v) is 21.9. The molecule has 3 rings (SSSR count). The molecular weight excluding hydrogens is 577 g/mol. The molecule has 0 aliphatic carbocycles. The van der Waals surface area contributed by atoms with Crippen molar-refractivity contribution in [3.05, 3.63) is 80.2 Å². The number of esters is 1. The summed E-state index contributed by atoms with van der Waals surface area (Å²) in [4.78, 5) is 37.0. The van der Waals surface area contributed by atoms with Crippen molar-refractivity contribution < 1.29 is 28.6 Å². The van der Waals surface area contributed by atoms with Crippen LogP contribution in [0.2, 0.25) is 10.0 Å². The molecule has 0 aliphatic heterocycles. The third-order valence-electron chi connectivity index (χ3n) is 4.55. The number of nitrogens with one attached hydrogen (secondary N) is 2. The SMILES string of the molecule is COc1ccc(C(=O)Oc2ccc(Br)cc2/C=N/NC(=O)C(=O)Nc2cc(Cl)ccc2Cl)cc1OC. The van der Waals surface area contributed by atoms with Gasteiger partial charge < -0.3 is 19.5 Å². The van der Waals surface area contributed by atoms with Crippen molar-refractivity contribution in [3.8, 4) is 17.2 Å². The Morgan fingerprint density at radius 1 is 0.889 bits per heavy atom. The first-order chi connectivity index (χ1) is 17.2. The van der Waals surface area contributed by atoms with Crippen molar-refractivity contribution in [3.63, 3.8) is 0 Å². The number of carbonyl (C=O) groups is 3. The fourth-order valence-corrected chi connectivity index (χ4v) is 3.53. The van der Waals surface area contributed by atoms with E-state index >= 15 is 0 Å². The molecule has 0 aromatic heterocycles. The summed E-state index contributed by atoms with van der Waals surface area (Å²) in [6.07, 6.45) is 1.22. The molecule has 0 radical (unpaired) electrons. The van der Waals surface area contributed by atoms with E-state index < -0.39 is 17.8 Å². The van der Waals surface area contributed by atoms with Gasteiger partial charge in [0.15, 0.2) is 11.5 Å². The molecule has 0 saturated heterocycles. The number of rotatable bonds is 7. The molecule has 0 fully saturated rings. The Morgan fingerprint density at radius 2 is 1.61 bits per heavy atom. The van der Waals surface area contributed by atoms with Crippen LogP contribution >= 0.6 is 39.1 Å². The van der Waals surface area contributed by atoms with E-state index in [9.17, 15) is 14.4 Å². The number of benzene rings is 3. The van der Waals surface area contributed by atoms with E-state index in [1.54, 1.807) is 24.3 Å². The van der Waals surface area contributed by atoms with Crippen LogP contribution in [-0.4, -0.2) is 38.2 Å². The molecule has 0 unspecified atom stereocenters. The number of nitrogens with zero attached hydrogens (tertiary/aromatic N) is 1. The first-order valence-electron chi connectivity index (χ1n) is 10.0. The number of hydrogen-bond donors (Lipinski definition) is 2. The molecule has 0 saturated carbocycles. The summed E-state index contributed by atoms with van der Waals surface area (Å²) in [7, 11) is 2.94. The normalized spacial score (nSPS) is 10.6. The van der Waals surface area contributed by atoms with Crippen LogP contribution in [0.15, 0.2) is 64.2 Å². The highest BCUT2D eigenvalue weighted by Crippen LogP contribution is 2.29. The highest BCUT2D eigenvalue weighted by Gasteiger charge is 2.16. The molecule has 2 amide bonds. The van der Waals surface area contributed by atoms with E-state index in [4.69, 9.17) is 37.4 Å². The van der Waals surface area contributed by atoms with Crippen LogP contribution in [0.5, 0.6) is 17.2 Å². The molecule has 9 nitrogen and oxygen atoms in total.